The Morgan fingerprint density at radius 3 is 2.88 bits per heavy atom. The summed E-state index contributed by atoms with van der Waals surface area (Å²) in [6, 6.07) is 0.205. The molecule has 1 saturated heterocycles. The number of nitrogens with zero attached hydrogens (tertiary/aromatic N) is 3. The van der Waals surface area contributed by atoms with Crippen molar-refractivity contribution in [2.24, 2.45) is 7.05 Å². The number of ether oxygens (including phenoxy) is 1. The summed E-state index contributed by atoms with van der Waals surface area (Å²) in [6.45, 7) is 2.40. The predicted molar refractivity (Wildman–Crippen MR) is 63.8 cm³/mol. The lowest BCUT2D eigenvalue weighted by molar-refractivity contribution is 0.0730. The predicted octanol–water partition coefficient (Wildman–Crippen LogP) is 1.13. The highest BCUT2D eigenvalue weighted by Crippen LogP contribution is 2.32. The normalized spacial score (nSPS) is 26.5. The third kappa shape index (κ3) is 2.21. The summed E-state index contributed by atoms with van der Waals surface area (Å²) in [5.41, 5.74) is 0. The van der Waals surface area contributed by atoms with Crippen molar-refractivity contribution in [1.82, 2.24) is 20.1 Å². The summed E-state index contributed by atoms with van der Waals surface area (Å²) in [5, 5.41) is 8.01. The van der Waals surface area contributed by atoms with E-state index in [9.17, 15) is 0 Å². The van der Waals surface area contributed by atoms with Crippen LogP contribution >= 0.6 is 0 Å². The Balaban J connectivity index is 1.79. The SMILES string of the molecule is Cn1nc(C2CCCC2)nc1C1COCCN1. The van der Waals surface area contributed by atoms with Crippen LogP contribution in [0.15, 0.2) is 0 Å². The molecular weight excluding hydrogens is 216 g/mol. The Bertz CT molecular complexity index is 378. The molecular formula is C12H20N4O. The van der Waals surface area contributed by atoms with Gasteiger partial charge in [-0.3, -0.25) is 4.68 Å². The van der Waals surface area contributed by atoms with Gasteiger partial charge in [0.25, 0.3) is 0 Å². The lowest BCUT2D eigenvalue weighted by Gasteiger charge is -2.22. The molecule has 1 aliphatic heterocycles. The van der Waals surface area contributed by atoms with Crippen molar-refractivity contribution in [2.45, 2.75) is 37.6 Å². The summed E-state index contributed by atoms with van der Waals surface area (Å²) in [5.74, 6) is 2.64. The van der Waals surface area contributed by atoms with Crippen LogP contribution in [0, 0.1) is 0 Å². The Kier molecular flexibility index (Phi) is 3.11. The van der Waals surface area contributed by atoms with E-state index in [1.807, 2.05) is 11.7 Å². The molecule has 1 saturated carbocycles. The molecule has 1 aromatic rings. The topological polar surface area (TPSA) is 52.0 Å². The van der Waals surface area contributed by atoms with Gasteiger partial charge in [0, 0.05) is 19.5 Å². The van der Waals surface area contributed by atoms with Gasteiger partial charge in [0.2, 0.25) is 0 Å². The molecule has 1 N–H and O–H groups in total. The molecule has 0 radical (unpaired) electrons. The molecule has 0 aromatic carbocycles. The van der Waals surface area contributed by atoms with Gasteiger partial charge < -0.3 is 10.1 Å². The quantitative estimate of drug-likeness (QED) is 0.836. The highest BCUT2D eigenvalue weighted by atomic mass is 16.5. The van der Waals surface area contributed by atoms with Crippen LogP contribution < -0.4 is 5.32 Å². The van der Waals surface area contributed by atoms with Crippen molar-refractivity contribution in [3.63, 3.8) is 0 Å². The largest absolute Gasteiger partial charge is 0.378 e. The monoisotopic (exact) mass is 236 g/mol. The summed E-state index contributed by atoms with van der Waals surface area (Å²) in [6.07, 6.45) is 5.14. The first-order chi connectivity index (χ1) is 8.34. The number of rotatable bonds is 2. The molecule has 0 amide bonds. The lowest BCUT2D eigenvalue weighted by atomic mass is 10.1. The van der Waals surface area contributed by atoms with Gasteiger partial charge in [0.15, 0.2) is 5.82 Å². The second kappa shape index (κ2) is 4.74. The van der Waals surface area contributed by atoms with E-state index in [2.05, 4.69) is 10.4 Å². The molecule has 1 atom stereocenters. The van der Waals surface area contributed by atoms with Gasteiger partial charge in [-0.25, -0.2) is 4.98 Å². The molecule has 5 nitrogen and oxygen atoms in total. The fourth-order valence-electron chi connectivity index (χ4n) is 2.81. The summed E-state index contributed by atoms with van der Waals surface area (Å²) < 4.78 is 7.40. The van der Waals surface area contributed by atoms with Crippen LogP contribution in [0.2, 0.25) is 0 Å². The van der Waals surface area contributed by atoms with Crippen LogP contribution in [-0.2, 0) is 11.8 Å². The van der Waals surface area contributed by atoms with Crippen LogP contribution in [0.4, 0.5) is 0 Å². The summed E-state index contributed by atoms with van der Waals surface area (Å²) >= 11 is 0. The molecule has 1 unspecified atom stereocenters. The fraction of sp³-hybridized carbons (Fsp3) is 0.833. The van der Waals surface area contributed by atoms with Gasteiger partial charge in [-0.2, -0.15) is 5.10 Å². The van der Waals surface area contributed by atoms with Crippen LogP contribution in [0.3, 0.4) is 0 Å². The maximum Gasteiger partial charge on any atom is 0.154 e. The molecule has 1 aromatic heterocycles. The van der Waals surface area contributed by atoms with Gasteiger partial charge in [-0.1, -0.05) is 12.8 Å². The molecule has 17 heavy (non-hydrogen) atoms. The third-order valence-electron chi connectivity index (χ3n) is 3.77. The minimum Gasteiger partial charge on any atom is -0.378 e. The minimum absolute atomic E-state index is 0.205. The Morgan fingerprint density at radius 2 is 2.18 bits per heavy atom. The second-order valence-corrected chi connectivity index (χ2v) is 5.01. The van der Waals surface area contributed by atoms with E-state index < -0.39 is 0 Å². The van der Waals surface area contributed by atoms with Crippen LogP contribution in [-0.4, -0.2) is 34.5 Å². The smallest absolute Gasteiger partial charge is 0.154 e. The summed E-state index contributed by atoms with van der Waals surface area (Å²) in [4.78, 5) is 4.72. The van der Waals surface area contributed by atoms with Crippen molar-refractivity contribution in [2.75, 3.05) is 19.8 Å². The third-order valence-corrected chi connectivity index (χ3v) is 3.77. The molecule has 2 heterocycles. The van der Waals surface area contributed by atoms with E-state index in [1.165, 1.54) is 25.7 Å². The average molecular weight is 236 g/mol. The van der Waals surface area contributed by atoms with Crippen molar-refractivity contribution in [3.8, 4) is 0 Å². The van der Waals surface area contributed by atoms with E-state index in [0.29, 0.717) is 12.5 Å². The van der Waals surface area contributed by atoms with E-state index in [-0.39, 0.29) is 6.04 Å². The van der Waals surface area contributed by atoms with E-state index in [0.717, 1.165) is 24.8 Å². The first kappa shape index (κ1) is 11.2. The number of hydrogen-bond acceptors (Lipinski definition) is 4. The van der Waals surface area contributed by atoms with Gasteiger partial charge >= 0.3 is 0 Å². The maximum absolute atomic E-state index is 5.48. The molecule has 0 bridgehead atoms. The lowest BCUT2D eigenvalue weighted by Crippen LogP contribution is -2.36. The van der Waals surface area contributed by atoms with Crippen LogP contribution in [0.5, 0.6) is 0 Å². The first-order valence-electron chi connectivity index (χ1n) is 6.56. The maximum atomic E-state index is 5.48. The van der Waals surface area contributed by atoms with Crippen LogP contribution in [0.1, 0.15) is 49.3 Å². The van der Waals surface area contributed by atoms with Gasteiger partial charge in [-0.05, 0) is 12.8 Å². The number of nitrogens with one attached hydrogen (secondary N) is 1. The van der Waals surface area contributed by atoms with Crippen molar-refractivity contribution in [3.05, 3.63) is 11.6 Å². The molecule has 1 aliphatic carbocycles. The van der Waals surface area contributed by atoms with Crippen LogP contribution in [0.25, 0.3) is 0 Å². The first-order valence-corrected chi connectivity index (χ1v) is 6.56. The molecule has 0 spiro atoms. The van der Waals surface area contributed by atoms with Crippen molar-refractivity contribution < 1.29 is 4.74 Å². The zero-order valence-corrected chi connectivity index (χ0v) is 10.4. The number of aryl methyl sites for hydroxylation is 1. The van der Waals surface area contributed by atoms with Gasteiger partial charge in [0.05, 0.1) is 19.3 Å². The standard InChI is InChI=1S/C12H20N4O/c1-16-12(10-8-17-7-6-13-10)14-11(15-16)9-4-2-3-5-9/h9-10,13H,2-8H2,1H3. The minimum atomic E-state index is 0.205. The van der Waals surface area contributed by atoms with E-state index in [4.69, 9.17) is 9.72 Å². The summed E-state index contributed by atoms with van der Waals surface area (Å²) in [7, 11) is 1.98. The molecule has 3 rings (SSSR count). The number of hydrogen-bond donors (Lipinski definition) is 1. The zero-order chi connectivity index (χ0) is 11.7. The Morgan fingerprint density at radius 1 is 1.35 bits per heavy atom. The van der Waals surface area contributed by atoms with E-state index in [1.54, 1.807) is 0 Å². The Labute approximate surface area is 102 Å². The fourth-order valence-corrected chi connectivity index (χ4v) is 2.81. The Hall–Kier alpha value is -0.940. The van der Waals surface area contributed by atoms with Gasteiger partial charge in [-0.15, -0.1) is 0 Å². The van der Waals surface area contributed by atoms with Crippen molar-refractivity contribution in [1.29, 1.82) is 0 Å². The molecule has 2 fully saturated rings. The molecule has 5 heteroatoms. The van der Waals surface area contributed by atoms with Crippen molar-refractivity contribution >= 4 is 0 Å². The second-order valence-electron chi connectivity index (χ2n) is 5.01. The number of aromatic nitrogens is 3. The van der Waals surface area contributed by atoms with E-state index >= 15 is 0 Å². The molecule has 94 valence electrons. The molecule has 2 aliphatic rings. The zero-order valence-electron chi connectivity index (χ0n) is 10.4. The van der Waals surface area contributed by atoms with Gasteiger partial charge in [0.1, 0.15) is 5.82 Å². The highest BCUT2D eigenvalue weighted by molar-refractivity contribution is 5.05. The average Bonchev–Trinajstić information content (AvgIpc) is 2.99. The highest BCUT2D eigenvalue weighted by Gasteiger charge is 2.26. The number of morpholine rings is 1.